The minimum atomic E-state index is 0. The number of benzene rings is 1. The van der Waals surface area contributed by atoms with E-state index >= 15 is 0 Å². The lowest BCUT2D eigenvalue weighted by Crippen LogP contribution is -2.42. The van der Waals surface area contributed by atoms with Crippen molar-refractivity contribution in [2.75, 3.05) is 47.4 Å². The molecule has 1 saturated heterocycles. The number of nitrogens with one attached hydrogen (secondary N) is 2. The zero-order chi connectivity index (χ0) is 17.4. The van der Waals surface area contributed by atoms with E-state index in [9.17, 15) is 0 Å². The van der Waals surface area contributed by atoms with Crippen LogP contribution in [0.4, 0.5) is 0 Å². The SMILES string of the molecule is CN=C(NCCc1ccc(OC)cc1Cl)NCC1CCN(C)CC1.I. The van der Waals surface area contributed by atoms with Gasteiger partial charge in [0, 0.05) is 25.2 Å². The largest absolute Gasteiger partial charge is 0.497 e. The standard InChI is InChI=1S/C18H29ClN4O.HI/c1-20-18(22-13-14-7-10-23(2)11-8-14)21-9-6-15-4-5-16(24-3)12-17(15)19;/h4-5,12,14H,6-11,13H2,1-3H3,(H2,20,21,22);1H. The molecule has 2 N–H and O–H groups in total. The Bertz CT molecular complexity index is 548. The first-order valence-corrected chi connectivity index (χ1v) is 8.95. The molecule has 0 atom stereocenters. The Hall–Kier alpha value is -0.730. The number of methoxy groups -OCH3 is 1. The van der Waals surface area contributed by atoms with E-state index in [0.717, 1.165) is 47.7 Å². The molecule has 0 radical (unpaired) electrons. The number of ether oxygens (including phenoxy) is 1. The van der Waals surface area contributed by atoms with Gasteiger partial charge in [-0.3, -0.25) is 4.99 Å². The van der Waals surface area contributed by atoms with Crippen LogP contribution in [0.3, 0.4) is 0 Å². The maximum Gasteiger partial charge on any atom is 0.190 e. The molecule has 1 aromatic carbocycles. The lowest BCUT2D eigenvalue weighted by Gasteiger charge is -2.29. The third kappa shape index (κ3) is 7.58. The van der Waals surface area contributed by atoms with Gasteiger partial charge in [-0.15, -0.1) is 24.0 Å². The molecule has 0 amide bonds. The first-order chi connectivity index (χ1) is 11.6. The van der Waals surface area contributed by atoms with Crippen LogP contribution in [0.5, 0.6) is 5.75 Å². The fraction of sp³-hybridized carbons (Fsp3) is 0.611. The number of aliphatic imine (C=N–C) groups is 1. The van der Waals surface area contributed by atoms with Crippen molar-refractivity contribution in [3.05, 3.63) is 28.8 Å². The molecule has 5 nitrogen and oxygen atoms in total. The molecule has 142 valence electrons. The van der Waals surface area contributed by atoms with Gasteiger partial charge in [0.1, 0.15) is 5.75 Å². The average molecular weight is 481 g/mol. The number of rotatable bonds is 6. The summed E-state index contributed by atoms with van der Waals surface area (Å²) in [5.74, 6) is 2.38. The first kappa shape index (κ1) is 22.3. The quantitative estimate of drug-likeness (QED) is 0.373. The van der Waals surface area contributed by atoms with Gasteiger partial charge in [-0.05, 0) is 63.0 Å². The van der Waals surface area contributed by atoms with Crippen LogP contribution < -0.4 is 15.4 Å². The third-order valence-electron chi connectivity index (χ3n) is 4.57. The molecule has 0 aromatic heterocycles. The maximum absolute atomic E-state index is 6.27. The Morgan fingerprint density at radius 2 is 2.04 bits per heavy atom. The van der Waals surface area contributed by atoms with Gasteiger partial charge in [0.15, 0.2) is 5.96 Å². The summed E-state index contributed by atoms with van der Waals surface area (Å²) in [7, 11) is 5.64. The number of halogens is 2. The topological polar surface area (TPSA) is 48.9 Å². The molecule has 7 heteroatoms. The Labute approximate surface area is 173 Å². The molecule has 1 aliphatic rings. The summed E-state index contributed by atoms with van der Waals surface area (Å²) in [6, 6.07) is 5.80. The van der Waals surface area contributed by atoms with Gasteiger partial charge in [-0.2, -0.15) is 0 Å². The van der Waals surface area contributed by atoms with Crippen molar-refractivity contribution in [2.45, 2.75) is 19.3 Å². The highest BCUT2D eigenvalue weighted by Gasteiger charge is 2.16. The van der Waals surface area contributed by atoms with Gasteiger partial charge in [0.05, 0.1) is 7.11 Å². The van der Waals surface area contributed by atoms with Crippen molar-refractivity contribution in [1.29, 1.82) is 0 Å². The molecular formula is C18H30ClIN4O. The van der Waals surface area contributed by atoms with E-state index in [2.05, 4.69) is 27.6 Å². The van der Waals surface area contributed by atoms with Gasteiger partial charge in [-0.1, -0.05) is 17.7 Å². The summed E-state index contributed by atoms with van der Waals surface area (Å²) in [5.41, 5.74) is 1.11. The summed E-state index contributed by atoms with van der Waals surface area (Å²) in [6.07, 6.45) is 3.35. The second kappa shape index (κ2) is 11.8. The minimum Gasteiger partial charge on any atom is -0.497 e. The summed E-state index contributed by atoms with van der Waals surface area (Å²) in [6.45, 7) is 4.15. The Balaban J connectivity index is 0.00000312. The molecule has 2 rings (SSSR count). The molecule has 0 spiro atoms. The fourth-order valence-electron chi connectivity index (χ4n) is 2.90. The average Bonchev–Trinajstić information content (AvgIpc) is 2.60. The first-order valence-electron chi connectivity index (χ1n) is 8.58. The van der Waals surface area contributed by atoms with E-state index in [1.54, 1.807) is 7.11 Å². The Morgan fingerprint density at radius 1 is 1.32 bits per heavy atom. The molecule has 1 aromatic rings. The van der Waals surface area contributed by atoms with E-state index in [4.69, 9.17) is 16.3 Å². The zero-order valence-electron chi connectivity index (χ0n) is 15.3. The smallest absolute Gasteiger partial charge is 0.190 e. The highest BCUT2D eigenvalue weighted by atomic mass is 127. The third-order valence-corrected chi connectivity index (χ3v) is 4.92. The molecule has 1 fully saturated rings. The van der Waals surface area contributed by atoms with Crippen LogP contribution in [0.15, 0.2) is 23.2 Å². The predicted molar refractivity (Wildman–Crippen MR) is 117 cm³/mol. The van der Waals surface area contributed by atoms with E-state index in [0.29, 0.717) is 0 Å². The lowest BCUT2D eigenvalue weighted by atomic mass is 9.97. The van der Waals surface area contributed by atoms with E-state index in [1.807, 2.05) is 25.2 Å². The summed E-state index contributed by atoms with van der Waals surface area (Å²) >= 11 is 6.27. The number of hydrogen-bond acceptors (Lipinski definition) is 3. The number of nitrogens with zero attached hydrogens (tertiary/aromatic N) is 2. The number of likely N-dealkylation sites (tertiary alicyclic amines) is 1. The molecular weight excluding hydrogens is 451 g/mol. The monoisotopic (exact) mass is 480 g/mol. The van der Waals surface area contributed by atoms with Gasteiger partial charge in [-0.25, -0.2) is 0 Å². The van der Waals surface area contributed by atoms with Crippen LogP contribution in [0.1, 0.15) is 18.4 Å². The Morgan fingerprint density at radius 3 is 2.64 bits per heavy atom. The lowest BCUT2D eigenvalue weighted by molar-refractivity contribution is 0.220. The second-order valence-electron chi connectivity index (χ2n) is 6.33. The van der Waals surface area contributed by atoms with Gasteiger partial charge >= 0.3 is 0 Å². The van der Waals surface area contributed by atoms with Crippen molar-refractivity contribution < 1.29 is 4.74 Å². The highest BCUT2D eigenvalue weighted by Crippen LogP contribution is 2.22. The van der Waals surface area contributed by atoms with Crippen molar-refractivity contribution in [2.24, 2.45) is 10.9 Å². The highest BCUT2D eigenvalue weighted by molar-refractivity contribution is 14.0. The minimum absolute atomic E-state index is 0. The van der Waals surface area contributed by atoms with E-state index < -0.39 is 0 Å². The molecule has 1 heterocycles. The number of guanidine groups is 1. The molecule has 0 aliphatic carbocycles. The van der Waals surface area contributed by atoms with Gasteiger partial charge in [0.25, 0.3) is 0 Å². The van der Waals surface area contributed by atoms with Crippen LogP contribution in [-0.4, -0.2) is 58.2 Å². The molecule has 25 heavy (non-hydrogen) atoms. The van der Waals surface area contributed by atoms with Crippen LogP contribution in [-0.2, 0) is 6.42 Å². The van der Waals surface area contributed by atoms with E-state index in [-0.39, 0.29) is 24.0 Å². The van der Waals surface area contributed by atoms with Crippen LogP contribution in [0.25, 0.3) is 0 Å². The van der Waals surface area contributed by atoms with E-state index in [1.165, 1.54) is 25.9 Å². The van der Waals surface area contributed by atoms with Crippen molar-refractivity contribution in [1.82, 2.24) is 15.5 Å². The van der Waals surface area contributed by atoms with Crippen LogP contribution in [0, 0.1) is 5.92 Å². The normalized spacial score (nSPS) is 16.2. The zero-order valence-corrected chi connectivity index (χ0v) is 18.4. The second-order valence-corrected chi connectivity index (χ2v) is 6.74. The number of piperidine rings is 1. The van der Waals surface area contributed by atoms with Crippen molar-refractivity contribution in [3.63, 3.8) is 0 Å². The summed E-state index contributed by atoms with van der Waals surface area (Å²) in [5, 5.41) is 7.54. The predicted octanol–water partition coefficient (Wildman–Crippen LogP) is 3.02. The molecule has 0 unspecified atom stereocenters. The molecule has 0 saturated carbocycles. The summed E-state index contributed by atoms with van der Waals surface area (Å²) in [4.78, 5) is 6.69. The van der Waals surface area contributed by atoms with Crippen molar-refractivity contribution in [3.8, 4) is 5.75 Å². The van der Waals surface area contributed by atoms with Gasteiger partial charge in [0.2, 0.25) is 0 Å². The molecule has 1 aliphatic heterocycles. The maximum atomic E-state index is 6.27. The number of hydrogen-bond donors (Lipinski definition) is 2. The van der Waals surface area contributed by atoms with Crippen LogP contribution in [0.2, 0.25) is 5.02 Å². The van der Waals surface area contributed by atoms with Crippen molar-refractivity contribution >= 4 is 41.5 Å². The molecule has 0 bridgehead atoms. The fourth-order valence-corrected chi connectivity index (χ4v) is 3.17. The Kier molecular flexibility index (Phi) is 10.5. The van der Waals surface area contributed by atoms with Gasteiger partial charge < -0.3 is 20.3 Å². The van der Waals surface area contributed by atoms with Crippen LogP contribution >= 0.6 is 35.6 Å². The summed E-state index contributed by atoms with van der Waals surface area (Å²) < 4.78 is 5.17.